The second-order valence-corrected chi connectivity index (χ2v) is 6.92. The number of benzene rings is 1. The molecule has 150 valence electrons. The van der Waals surface area contributed by atoms with Crippen LogP contribution in [-0.2, 0) is 17.9 Å². The smallest absolute Gasteiger partial charge is 0.322 e. The third kappa shape index (κ3) is 4.71. The summed E-state index contributed by atoms with van der Waals surface area (Å²) in [4.78, 5) is 27.7. The average Bonchev–Trinajstić information content (AvgIpc) is 2.89. The number of fused-ring (bicyclic) bond motifs is 1. The Kier molecular flexibility index (Phi) is 6.34. The van der Waals surface area contributed by atoms with Crippen LogP contribution >= 0.6 is 0 Å². The first-order valence-corrected chi connectivity index (χ1v) is 9.60. The third-order valence-electron chi connectivity index (χ3n) is 4.93. The molecule has 2 aliphatic rings. The van der Waals surface area contributed by atoms with Gasteiger partial charge < -0.3 is 19.9 Å². The minimum absolute atomic E-state index is 0.0190. The van der Waals surface area contributed by atoms with E-state index in [0.29, 0.717) is 45.6 Å². The molecule has 1 aliphatic heterocycles. The van der Waals surface area contributed by atoms with Gasteiger partial charge in [0.15, 0.2) is 0 Å². The Morgan fingerprint density at radius 2 is 2.07 bits per heavy atom. The maximum atomic E-state index is 13.9. The first kappa shape index (κ1) is 19.9. The predicted octanol–water partition coefficient (Wildman–Crippen LogP) is 3.49. The SMILES string of the molecule is CCN(Cc1ccc2c(c1)CN(C(=O)NC1=CCCC=C1F)CCO2)C(C)=O. The molecule has 0 spiro atoms. The number of ether oxygens (including phenoxy) is 1. The zero-order chi connectivity index (χ0) is 20.1. The van der Waals surface area contributed by atoms with Gasteiger partial charge in [0.05, 0.1) is 18.8 Å². The number of urea groups is 1. The lowest BCUT2D eigenvalue weighted by atomic mass is 10.1. The molecule has 0 fully saturated rings. The van der Waals surface area contributed by atoms with E-state index in [9.17, 15) is 14.0 Å². The normalized spacial score (nSPS) is 16.2. The Labute approximate surface area is 164 Å². The predicted molar refractivity (Wildman–Crippen MR) is 104 cm³/mol. The van der Waals surface area contributed by atoms with Crippen molar-refractivity contribution in [1.29, 1.82) is 0 Å². The van der Waals surface area contributed by atoms with Crippen LogP contribution in [0.25, 0.3) is 0 Å². The minimum Gasteiger partial charge on any atom is -0.491 e. The van der Waals surface area contributed by atoms with Crippen LogP contribution in [0.1, 0.15) is 37.8 Å². The minimum atomic E-state index is -0.391. The maximum Gasteiger partial charge on any atom is 0.322 e. The number of hydrogen-bond donors (Lipinski definition) is 1. The van der Waals surface area contributed by atoms with E-state index in [2.05, 4.69) is 5.32 Å². The zero-order valence-electron chi connectivity index (χ0n) is 16.3. The Morgan fingerprint density at radius 3 is 2.79 bits per heavy atom. The number of hydrogen-bond acceptors (Lipinski definition) is 3. The van der Waals surface area contributed by atoms with Crippen LogP contribution in [0.2, 0.25) is 0 Å². The van der Waals surface area contributed by atoms with E-state index in [1.54, 1.807) is 22.8 Å². The lowest BCUT2D eigenvalue weighted by Crippen LogP contribution is -2.40. The average molecular weight is 387 g/mol. The van der Waals surface area contributed by atoms with Crippen LogP contribution in [-0.4, -0.2) is 41.4 Å². The molecule has 1 heterocycles. The highest BCUT2D eigenvalue weighted by Crippen LogP contribution is 2.26. The molecule has 3 amide bonds. The van der Waals surface area contributed by atoms with Crippen LogP contribution in [0.5, 0.6) is 5.75 Å². The molecule has 0 saturated carbocycles. The van der Waals surface area contributed by atoms with Crippen LogP contribution < -0.4 is 10.1 Å². The maximum absolute atomic E-state index is 13.9. The van der Waals surface area contributed by atoms with Crippen molar-refractivity contribution in [3.63, 3.8) is 0 Å². The second-order valence-electron chi connectivity index (χ2n) is 6.92. The quantitative estimate of drug-likeness (QED) is 0.860. The Hall–Kier alpha value is -2.83. The molecule has 0 unspecified atom stereocenters. The Morgan fingerprint density at radius 1 is 1.29 bits per heavy atom. The lowest BCUT2D eigenvalue weighted by molar-refractivity contribution is -0.129. The molecule has 1 N–H and O–H groups in total. The number of allylic oxidation sites excluding steroid dienone is 3. The largest absolute Gasteiger partial charge is 0.491 e. The van der Waals surface area contributed by atoms with Crippen LogP contribution in [0.3, 0.4) is 0 Å². The van der Waals surface area contributed by atoms with Gasteiger partial charge in [-0.25, -0.2) is 9.18 Å². The van der Waals surface area contributed by atoms with E-state index in [-0.39, 0.29) is 17.6 Å². The number of carbonyl (C=O) groups is 2. The topological polar surface area (TPSA) is 61.9 Å². The van der Waals surface area contributed by atoms with Gasteiger partial charge in [-0.1, -0.05) is 12.1 Å². The standard InChI is InChI=1S/C21H26FN3O3/c1-3-24(15(2)26)13-16-8-9-20-17(12-16)14-25(10-11-28-20)21(27)23-19-7-5-4-6-18(19)22/h6-9,12H,3-5,10-11,13-14H2,1-2H3,(H,23,27). The highest BCUT2D eigenvalue weighted by atomic mass is 19.1. The highest BCUT2D eigenvalue weighted by molar-refractivity contribution is 5.77. The molecule has 0 saturated heterocycles. The van der Waals surface area contributed by atoms with Crippen molar-refractivity contribution < 1.29 is 18.7 Å². The van der Waals surface area contributed by atoms with Gasteiger partial charge in [0.1, 0.15) is 18.2 Å². The Bertz CT molecular complexity index is 819. The summed E-state index contributed by atoms with van der Waals surface area (Å²) in [7, 11) is 0. The molecule has 1 aliphatic carbocycles. The fraction of sp³-hybridized carbons (Fsp3) is 0.429. The number of rotatable bonds is 4. The first-order chi connectivity index (χ1) is 13.5. The van der Waals surface area contributed by atoms with Crippen molar-refractivity contribution >= 4 is 11.9 Å². The van der Waals surface area contributed by atoms with Crippen molar-refractivity contribution in [2.75, 3.05) is 19.7 Å². The fourth-order valence-electron chi connectivity index (χ4n) is 3.34. The van der Waals surface area contributed by atoms with Gasteiger partial charge in [0.25, 0.3) is 0 Å². The monoisotopic (exact) mass is 387 g/mol. The molecule has 7 heteroatoms. The molecule has 0 radical (unpaired) electrons. The number of nitrogens with one attached hydrogen (secondary N) is 1. The van der Waals surface area contributed by atoms with Crippen molar-refractivity contribution in [3.8, 4) is 5.75 Å². The number of amides is 3. The van der Waals surface area contributed by atoms with Gasteiger partial charge in [0.2, 0.25) is 5.91 Å². The van der Waals surface area contributed by atoms with E-state index in [1.807, 2.05) is 25.1 Å². The van der Waals surface area contributed by atoms with Gasteiger partial charge in [-0.3, -0.25) is 4.79 Å². The molecule has 0 bridgehead atoms. The van der Waals surface area contributed by atoms with E-state index in [4.69, 9.17) is 4.74 Å². The molecule has 3 rings (SSSR count). The number of halogens is 1. The summed E-state index contributed by atoms with van der Waals surface area (Å²) >= 11 is 0. The fourth-order valence-corrected chi connectivity index (χ4v) is 3.34. The molecule has 6 nitrogen and oxygen atoms in total. The van der Waals surface area contributed by atoms with Gasteiger partial charge in [0, 0.05) is 25.6 Å². The molecule has 1 aromatic rings. The molecular formula is C21H26FN3O3. The zero-order valence-corrected chi connectivity index (χ0v) is 16.3. The number of nitrogens with zero attached hydrogens (tertiary/aromatic N) is 2. The van der Waals surface area contributed by atoms with E-state index in [1.165, 1.54) is 6.08 Å². The van der Waals surface area contributed by atoms with E-state index >= 15 is 0 Å². The summed E-state index contributed by atoms with van der Waals surface area (Å²) < 4.78 is 19.6. The summed E-state index contributed by atoms with van der Waals surface area (Å²) in [5.74, 6) is 0.357. The molecule has 0 aromatic heterocycles. The van der Waals surface area contributed by atoms with E-state index < -0.39 is 5.83 Å². The van der Waals surface area contributed by atoms with Gasteiger partial charge in [-0.05, 0) is 43.5 Å². The van der Waals surface area contributed by atoms with Crippen LogP contribution in [0.15, 0.2) is 41.9 Å². The summed E-state index contributed by atoms with van der Waals surface area (Å²) in [5, 5.41) is 2.66. The van der Waals surface area contributed by atoms with Gasteiger partial charge >= 0.3 is 6.03 Å². The Balaban J connectivity index is 1.73. The van der Waals surface area contributed by atoms with Crippen molar-refractivity contribution in [2.24, 2.45) is 0 Å². The van der Waals surface area contributed by atoms with Crippen LogP contribution in [0, 0.1) is 0 Å². The van der Waals surface area contributed by atoms with Crippen molar-refractivity contribution in [3.05, 3.63) is 53.0 Å². The van der Waals surface area contributed by atoms with Gasteiger partial charge in [-0.2, -0.15) is 0 Å². The van der Waals surface area contributed by atoms with E-state index in [0.717, 1.165) is 16.9 Å². The first-order valence-electron chi connectivity index (χ1n) is 9.60. The molecule has 1 aromatic carbocycles. The molecular weight excluding hydrogens is 361 g/mol. The lowest BCUT2D eigenvalue weighted by Gasteiger charge is -2.22. The van der Waals surface area contributed by atoms with Gasteiger partial charge in [-0.15, -0.1) is 0 Å². The summed E-state index contributed by atoms with van der Waals surface area (Å²) in [6.07, 6.45) is 4.54. The molecule has 28 heavy (non-hydrogen) atoms. The molecule has 0 atom stereocenters. The summed E-state index contributed by atoms with van der Waals surface area (Å²) in [5.41, 5.74) is 2.08. The highest BCUT2D eigenvalue weighted by Gasteiger charge is 2.22. The van der Waals surface area contributed by atoms with Crippen LogP contribution in [0.4, 0.5) is 9.18 Å². The summed E-state index contributed by atoms with van der Waals surface area (Å²) in [6, 6.07) is 5.43. The summed E-state index contributed by atoms with van der Waals surface area (Å²) in [6.45, 7) is 5.76. The number of carbonyl (C=O) groups excluding carboxylic acids is 2. The van der Waals surface area contributed by atoms with Crippen molar-refractivity contribution in [1.82, 2.24) is 15.1 Å². The van der Waals surface area contributed by atoms with Crippen molar-refractivity contribution in [2.45, 2.75) is 39.8 Å². The second kappa shape index (κ2) is 8.91. The third-order valence-corrected chi connectivity index (χ3v) is 4.93.